The van der Waals surface area contributed by atoms with Gasteiger partial charge in [-0.2, -0.15) is 10.1 Å². The van der Waals surface area contributed by atoms with E-state index in [9.17, 15) is 14.7 Å². The van der Waals surface area contributed by atoms with Crippen molar-refractivity contribution >= 4 is 35.3 Å². The van der Waals surface area contributed by atoms with E-state index in [1.165, 1.54) is 9.80 Å². The van der Waals surface area contributed by atoms with Crippen LogP contribution in [0.1, 0.15) is 17.2 Å². The van der Waals surface area contributed by atoms with Crippen LogP contribution in [0.25, 0.3) is 0 Å². The fraction of sp³-hybridized carbons (Fsp3) is 0.286. The number of hydrogen-bond donors (Lipinski definition) is 3. The van der Waals surface area contributed by atoms with E-state index >= 15 is 0 Å². The van der Waals surface area contributed by atoms with Crippen LogP contribution < -0.4 is 15.1 Å². The minimum absolute atomic E-state index is 0.0183. The summed E-state index contributed by atoms with van der Waals surface area (Å²) < 4.78 is 1.59. The summed E-state index contributed by atoms with van der Waals surface area (Å²) in [6, 6.07) is 6.55. The number of carbonyl (C=O) groups is 2. The molecule has 1 aromatic carbocycles. The highest BCUT2D eigenvalue weighted by Gasteiger charge is 2.41. The molecule has 0 saturated carbocycles. The summed E-state index contributed by atoms with van der Waals surface area (Å²) in [5.41, 5.74) is 2.80. The topological polar surface area (TPSA) is 140 Å². The number of carbonyl (C=O) groups excluding carboxylic acids is 1. The van der Waals surface area contributed by atoms with Crippen molar-refractivity contribution in [3.8, 4) is 0 Å². The molecule has 1 atom stereocenters. The molecule has 0 fully saturated rings. The number of para-hydroxylation sites is 1. The summed E-state index contributed by atoms with van der Waals surface area (Å²) in [6.07, 6.45) is 3.93. The maximum Gasteiger partial charge on any atom is 0.411 e. The van der Waals surface area contributed by atoms with Gasteiger partial charge in [0, 0.05) is 30.6 Å². The number of carboxylic acid groups (broad SMARTS) is 1. The Morgan fingerprint density at radius 2 is 2.09 bits per heavy atom. The molecule has 3 amide bonds. The minimum Gasteiger partial charge on any atom is -0.465 e. The summed E-state index contributed by atoms with van der Waals surface area (Å²) in [5.74, 6) is 0.798. The van der Waals surface area contributed by atoms with Crippen LogP contribution in [0.15, 0.2) is 42.9 Å². The Kier molecular flexibility index (Phi) is 5.05. The molecule has 170 valence electrons. The zero-order valence-corrected chi connectivity index (χ0v) is 17.8. The van der Waals surface area contributed by atoms with Crippen LogP contribution in [0.3, 0.4) is 0 Å². The lowest BCUT2D eigenvalue weighted by molar-refractivity contribution is 0.174. The number of hydrogen-bond acceptors (Lipinski definition) is 7. The summed E-state index contributed by atoms with van der Waals surface area (Å²) in [5, 5.41) is 25.8. The summed E-state index contributed by atoms with van der Waals surface area (Å²) in [7, 11) is 1.64. The third-order valence-corrected chi connectivity index (χ3v) is 5.80. The molecule has 12 heteroatoms. The first-order valence-electron chi connectivity index (χ1n) is 10.4. The van der Waals surface area contributed by atoms with E-state index in [-0.39, 0.29) is 25.7 Å². The Morgan fingerprint density at radius 3 is 2.88 bits per heavy atom. The van der Waals surface area contributed by atoms with Crippen LogP contribution >= 0.6 is 0 Å². The standard InChI is InChI=1S/C21H22N8O4/c1-26-18-13(8-22-19(25-18)24-14-9-23-27(11-14)6-7-30)10-28(20(26)31)17-12-29(21(32)33)16-5-3-2-4-15(16)17/h2-5,8-9,11,17,30H,6-7,10,12H2,1H3,(H,32,33)(H,22,24,25). The maximum absolute atomic E-state index is 13.3. The predicted molar refractivity (Wildman–Crippen MR) is 119 cm³/mol. The molecular weight excluding hydrogens is 428 g/mol. The Labute approximate surface area is 188 Å². The number of urea groups is 1. The van der Waals surface area contributed by atoms with Crippen LogP contribution in [0.2, 0.25) is 0 Å². The quantitative estimate of drug-likeness (QED) is 0.536. The molecule has 2 aliphatic rings. The van der Waals surface area contributed by atoms with Crippen LogP contribution in [-0.4, -0.2) is 67.2 Å². The van der Waals surface area contributed by atoms with Gasteiger partial charge >= 0.3 is 12.1 Å². The molecule has 0 spiro atoms. The van der Waals surface area contributed by atoms with Crippen molar-refractivity contribution in [3.05, 3.63) is 54.0 Å². The summed E-state index contributed by atoms with van der Waals surface area (Å²) in [4.78, 5) is 38.3. The lowest BCUT2D eigenvalue weighted by Crippen LogP contribution is -2.48. The van der Waals surface area contributed by atoms with Gasteiger partial charge in [0.15, 0.2) is 0 Å². The van der Waals surface area contributed by atoms with Crippen molar-refractivity contribution in [2.75, 3.05) is 35.3 Å². The fourth-order valence-corrected chi connectivity index (χ4v) is 4.25. The van der Waals surface area contributed by atoms with Gasteiger partial charge in [-0.25, -0.2) is 14.6 Å². The Bertz CT molecular complexity index is 1230. The molecule has 0 saturated heterocycles. The third kappa shape index (κ3) is 3.59. The maximum atomic E-state index is 13.3. The molecule has 0 aliphatic carbocycles. The van der Waals surface area contributed by atoms with Crippen molar-refractivity contribution in [2.24, 2.45) is 0 Å². The number of benzene rings is 1. The van der Waals surface area contributed by atoms with Crippen molar-refractivity contribution in [2.45, 2.75) is 19.1 Å². The largest absolute Gasteiger partial charge is 0.465 e. The lowest BCUT2D eigenvalue weighted by atomic mass is 10.1. The number of amides is 3. The molecule has 0 bridgehead atoms. The fourth-order valence-electron chi connectivity index (χ4n) is 4.25. The van der Waals surface area contributed by atoms with Crippen molar-refractivity contribution in [3.63, 3.8) is 0 Å². The second-order valence-corrected chi connectivity index (χ2v) is 7.82. The molecule has 0 radical (unpaired) electrons. The highest BCUT2D eigenvalue weighted by Crippen LogP contribution is 2.41. The Morgan fingerprint density at radius 1 is 1.27 bits per heavy atom. The second kappa shape index (κ2) is 8.06. The first kappa shape index (κ1) is 20.7. The van der Waals surface area contributed by atoms with E-state index < -0.39 is 12.1 Å². The Balaban J connectivity index is 1.40. The minimum atomic E-state index is -1.05. The number of aliphatic hydroxyl groups excluding tert-OH is 1. The van der Waals surface area contributed by atoms with Crippen LogP contribution in [0.5, 0.6) is 0 Å². The number of nitrogens with zero attached hydrogens (tertiary/aromatic N) is 7. The molecule has 4 heterocycles. The first-order chi connectivity index (χ1) is 16.0. The van der Waals surface area contributed by atoms with Crippen LogP contribution in [0.4, 0.5) is 32.7 Å². The molecule has 12 nitrogen and oxygen atoms in total. The molecule has 33 heavy (non-hydrogen) atoms. The highest BCUT2D eigenvalue weighted by atomic mass is 16.4. The third-order valence-electron chi connectivity index (χ3n) is 5.80. The average Bonchev–Trinajstić information content (AvgIpc) is 3.41. The monoisotopic (exact) mass is 450 g/mol. The van der Waals surface area contributed by atoms with Crippen LogP contribution in [0, 0.1) is 0 Å². The van der Waals surface area contributed by atoms with Gasteiger partial charge in [-0.05, 0) is 6.07 Å². The zero-order chi connectivity index (χ0) is 23.1. The predicted octanol–water partition coefficient (Wildman–Crippen LogP) is 2.02. The summed E-state index contributed by atoms with van der Waals surface area (Å²) >= 11 is 0. The zero-order valence-electron chi connectivity index (χ0n) is 17.8. The van der Waals surface area contributed by atoms with E-state index in [2.05, 4.69) is 20.4 Å². The molecule has 2 aromatic heterocycles. The van der Waals surface area contributed by atoms with Gasteiger partial charge in [0.25, 0.3) is 0 Å². The number of aromatic nitrogens is 4. The molecule has 3 N–H and O–H groups in total. The first-order valence-corrected chi connectivity index (χ1v) is 10.4. The van der Waals surface area contributed by atoms with Gasteiger partial charge in [0.1, 0.15) is 5.82 Å². The highest BCUT2D eigenvalue weighted by molar-refractivity contribution is 5.95. The number of fused-ring (bicyclic) bond motifs is 2. The molecule has 5 rings (SSSR count). The van der Waals surface area contributed by atoms with Gasteiger partial charge in [0.2, 0.25) is 5.95 Å². The number of aliphatic hydroxyl groups is 1. The van der Waals surface area contributed by atoms with Gasteiger partial charge < -0.3 is 20.4 Å². The number of rotatable bonds is 5. The van der Waals surface area contributed by atoms with Gasteiger partial charge in [0.05, 0.1) is 49.9 Å². The van der Waals surface area contributed by atoms with E-state index in [1.807, 2.05) is 12.1 Å². The summed E-state index contributed by atoms with van der Waals surface area (Å²) in [6.45, 7) is 0.792. The smallest absolute Gasteiger partial charge is 0.411 e. The number of anilines is 4. The van der Waals surface area contributed by atoms with Crippen LogP contribution in [-0.2, 0) is 13.1 Å². The van der Waals surface area contributed by atoms with Crippen molar-refractivity contribution in [1.29, 1.82) is 0 Å². The lowest BCUT2D eigenvalue weighted by Gasteiger charge is -2.37. The van der Waals surface area contributed by atoms with E-state index in [0.717, 1.165) is 11.1 Å². The second-order valence-electron chi connectivity index (χ2n) is 7.82. The van der Waals surface area contributed by atoms with E-state index in [1.54, 1.807) is 47.4 Å². The SMILES string of the molecule is CN1C(=O)N(C2CN(C(=O)O)c3ccccc32)Cc2cnc(Nc3cnn(CCO)c3)nc21. The Hall–Kier alpha value is -4.19. The number of nitrogens with one attached hydrogen (secondary N) is 1. The van der Waals surface area contributed by atoms with E-state index in [0.29, 0.717) is 29.7 Å². The normalized spacial score (nSPS) is 17.2. The van der Waals surface area contributed by atoms with Gasteiger partial charge in [-0.1, -0.05) is 18.2 Å². The van der Waals surface area contributed by atoms with E-state index in [4.69, 9.17) is 5.11 Å². The molecular formula is C21H22N8O4. The van der Waals surface area contributed by atoms with Crippen molar-refractivity contribution in [1.82, 2.24) is 24.6 Å². The van der Waals surface area contributed by atoms with Gasteiger partial charge in [-0.3, -0.25) is 14.5 Å². The molecule has 3 aromatic rings. The molecule has 2 aliphatic heterocycles. The van der Waals surface area contributed by atoms with Gasteiger partial charge in [-0.15, -0.1) is 0 Å². The average molecular weight is 450 g/mol. The molecule has 1 unspecified atom stereocenters. The van der Waals surface area contributed by atoms with Crippen molar-refractivity contribution < 1.29 is 19.8 Å².